The first kappa shape index (κ1) is 15.4. The second-order valence-corrected chi connectivity index (χ2v) is 5.57. The number of aryl methyl sites for hydroxylation is 1. The normalized spacial score (nSPS) is 12.6. The molecule has 0 spiro atoms. The molecule has 0 amide bonds. The average molecular weight is 286 g/mol. The molecule has 2 rings (SSSR count). The smallest absolute Gasteiger partial charge is 0.187 e. The number of hydrogen-bond donors (Lipinski definition) is 1. The van der Waals surface area contributed by atoms with Gasteiger partial charge in [-0.15, -0.1) is 0 Å². The summed E-state index contributed by atoms with van der Waals surface area (Å²) < 4.78 is 0. The molecule has 0 radical (unpaired) electrons. The predicted octanol–water partition coefficient (Wildman–Crippen LogP) is 1.84. The largest absolute Gasteiger partial charge is 0.363 e. The van der Waals surface area contributed by atoms with E-state index in [0.717, 1.165) is 28.9 Å². The van der Waals surface area contributed by atoms with Crippen molar-refractivity contribution in [2.24, 2.45) is 0 Å². The summed E-state index contributed by atoms with van der Waals surface area (Å²) in [7, 11) is 2.05. The Morgan fingerprint density at radius 1 is 1.33 bits per heavy atom. The Morgan fingerprint density at radius 3 is 2.76 bits per heavy atom. The number of hydrogen-bond acceptors (Lipinski definition) is 4. The fourth-order valence-corrected chi connectivity index (χ4v) is 2.27. The van der Waals surface area contributed by atoms with Gasteiger partial charge in [0.2, 0.25) is 0 Å². The summed E-state index contributed by atoms with van der Waals surface area (Å²) >= 11 is 0. The van der Waals surface area contributed by atoms with Gasteiger partial charge < -0.3 is 4.98 Å². The summed E-state index contributed by atoms with van der Waals surface area (Å²) in [6, 6.07) is 0.311. The molecule has 1 N–H and O–H groups in total. The fraction of sp³-hybridized carbons (Fsp3) is 0.438. The molecule has 0 aliphatic heterocycles. The summed E-state index contributed by atoms with van der Waals surface area (Å²) in [6.45, 7) is 6.57. The van der Waals surface area contributed by atoms with Gasteiger partial charge in [-0.1, -0.05) is 0 Å². The van der Waals surface area contributed by atoms with Crippen LogP contribution < -0.4 is 5.43 Å². The highest BCUT2D eigenvalue weighted by Gasteiger charge is 2.14. The van der Waals surface area contributed by atoms with E-state index in [4.69, 9.17) is 0 Å². The first-order valence-electron chi connectivity index (χ1n) is 7.12. The molecule has 5 heteroatoms. The molecule has 2 aromatic rings. The van der Waals surface area contributed by atoms with Crippen molar-refractivity contribution in [3.8, 4) is 0 Å². The van der Waals surface area contributed by atoms with Crippen molar-refractivity contribution >= 4 is 0 Å². The van der Waals surface area contributed by atoms with E-state index in [1.807, 2.05) is 13.8 Å². The van der Waals surface area contributed by atoms with Crippen molar-refractivity contribution in [1.82, 2.24) is 19.9 Å². The molecule has 0 aliphatic carbocycles. The van der Waals surface area contributed by atoms with Crippen LogP contribution in [-0.2, 0) is 13.0 Å². The van der Waals surface area contributed by atoms with Crippen LogP contribution in [0.4, 0.5) is 0 Å². The molecule has 0 fully saturated rings. The third kappa shape index (κ3) is 3.76. The lowest BCUT2D eigenvalue weighted by Crippen LogP contribution is -2.32. The van der Waals surface area contributed by atoms with Crippen LogP contribution in [0.1, 0.15) is 29.4 Å². The summed E-state index contributed by atoms with van der Waals surface area (Å²) in [5.41, 5.74) is 3.63. The zero-order valence-corrected chi connectivity index (χ0v) is 13.1. The molecule has 112 valence electrons. The van der Waals surface area contributed by atoms with Gasteiger partial charge >= 0.3 is 0 Å². The minimum atomic E-state index is 0.124. The molecular weight excluding hydrogens is 264 g/mol. The number of pyridine rings is 1. The van der Waals surface area contributed by atoms with Crippen LogP contribution >= 0.6 is 0 Å². The molecule has 1 atom stereocenters. The molecule has 0 aromatic carbocycles. The lowest BCUT2D eigenvalue weighted by atomic mass is 10.1. The highest BCUT2D eigenvalue weighted by molar-refractivity contribution is 5.23. The number of aromatic nitrogens is 3. The third-order valence-corrected chi connectivity index (χ3v) is 3.90. The maximum atomic E-state index is 12.0. The van der Waals surface area contributed by atoms with E-state index in [0.29, 0.717) is 12.6 Å². The van der Waals surface area contributed by atoms with Crippen molar-refractivity contribution in [2.75, 3.05) is 7.05 Å². The number of nitrogens with one attached hydrogen (secondary N) is 1. The third-order valence-electron chi connectivity index (χ3n) is 3.90. The van der Waals surface area contributed by atoms with Crippen LogP contribution in [0.25, 0.3) is 0 Å². The molecule has 0 aliphatic rings. The maximum absolute atomic E-state index is 12.0. The Hall–Kier alpha value is -2.01. The lowest BCUT2D eigenvalue weighted by molar-refractivity contribution is 0.243. The predicted molar refractivity (Wildman–Crippen MR) is 83.2 cm³/mol. The molecule has 1 unspecified atom stereocenters. The van der Waals surface area contributed by atoms with Gasteiger partial charge in [-0.25, -0.2) is 0 Å². The summed E-state index contributed by atoms with van der Waals surface area (Å²) in [6.07, 6.45) is 7.80. The molecule has 0 bridgehead atoms. The maximum Gasteiger partial charge on any atom is 0.187 e. The minimum Gasteiger partial charge on any atom is -0.363 e. The Labute approximate surface area is 125 Å². The van der Waals surface area contributed by atoms with Gasteiger partial charge in [-0.3, -0.25) is 19.7 Å². The lowest BCUT2D eigenvalue weighted by Gasteiger charge is -2.25. The van der Waals surface area contributed by atoms with Gasteiger partial charge in [0.15, 0.2) is 5.43 Å². The van der Waals surface area contributed by atoms with Crippen LogP contribution in [0.15, 0.2) is 29.6 Å². The minimum absolute atomic E-state index is 0.124. The van der Waals surface area contributed by atoms with Crippen LogP contribution in [-0.4, -0.2) is 32.9 Å². The average Bonchev–Trinajstić information content (AvgIpc) is 2.48. The zero-order chi connectivity index (χ0) is 15.4. The van der Waals surface area contributed by atoms with E-state index in [2.05, 4.69) is 33.8 Å². The van der Waals surface area contributed by atoms with Crippen molar-refractivity contribution in [3.05, 3.63) is 57.5 Å². The molecule has 0 saturated heterocycles. The molecule has 2 aromatic heterocycles. The quantitative estimate of drug-likeness (QED) is 0.911. The van der Waals surface area contributed by atoms with Crippen molar-refractivity contribution < 1.29 is 0 Å². The summed E-state index contributed by atoms with van der Waals surface area (Å²) in [5.74, 6) is 0. The van der Waals surface area contributed by atoms with E-state index in [9.17, 15) is 4.79 Å². The monoisotopic (exact) mass is 286 g/mol. The Kier molecular flexibility index (Phi) is 4.85. The van der Waals surface area contributed by atoms with E-state index in [1.165, 1.54) is 0 Å². The molecule has 2 heterocycles. The fourth-order valence-electron chi connectivity index (χ4n) is 2.27. The number of H-pyrrole nitrogens is 1. The van der Waals surface area contributed by atoms with Gasteiger partial charge in [-0.2, -0.15) is 0 Å². The number of rotatable bonds is 5. The molecular formula is C16H22N4O. The first-order chi connectivity index (χ1) is 9.99. The van der Waals surface area contributed by atoms with E-state index < -0.39 is 0 Å². The van der Waals surface area contributed by atoms with Crippen molar-refractivity contribution in [3.63, 3.8) is 0 Å². The van der Waals surface area contributed by atoms with Gasteiger partial charge in [0.1, 0.15) is 0 Å². The highest BCUT2D eigenvalue weighted by Crippen LogP contribution is 2.09. The van der Waals surface area contributed by atoms with Crippen LogP contribution in [0.3, 0.4) is 0 Å². The van der Waals surface area contributed by atoms with Crippen LogP contribution in [0, 0.1) is 13.8 Å². The standard InChI is InChI=1S/C16H22N4O/c1-11-8-19-15(13(3)16(11)21)10-20(4)12(2)7-14-9-17-5-6-18-14/h5-6,8-9,12H,7,10H2,1-4H3,(H,19,21). The van der Waals surface area contributed by atoms with Crippen molar-refractivity contribution in [1.29, 1.82) is 0 Å². The highest BCUT2D eigenvalue weighted by atomic mass is 16.1. The van der Waals surface area contributed by atoms with E-state index >= 15 is 0 Å². The van der Waals surface area contributed by atoms with Gasteiger partial charge in [0.05, 0.1) is 5.69 Å². The first-order valence-corrected chi connectivity index (χ1v) is 7.12. The summed E-state index contributed by atoms with van der Waals surface area (Å²) in [4.78, 5) is 25.8. The zero-order valence-electron chi connectivity index (χ0n) is 13.1. The number of likely N-dealkylation sites (N-methyl/N-ethyl adjacent to an activating group) is 1. The van der Waals surface area contributed by atoms with Crippen LogP contribution in [0.5, 0.6) is 0 Å². The number of nitrogens with zero attached hydrogens (tertiary/aromatic N) is 3. The van der Waals surface area contributed by atoms with E-state index in [1.54, 1.807) is 24.8 Å². The Morgan fingerprint density at radius 2 is 2.10 bits per heavy atom. The van der Waals surface area contributed by atoms with Gasteiger partial charge in [0.25, 0.3) is 0 Å². The Bertz CT molecular complexity index is 651. The second-order valence-electron chi connectivity index (χ2n) is 5.57. The second kappa shape index (κ2) is 6.63. The summed E-state index contributed by atoms with van der Waals surface area (Å²) in [5, 5.41) is 0. The van der Waals surface area contributed by atoms with Crippen LogP contribution in [0.2, 0.25) is 0 Å². The molecule has 5 nitrogen and oxygen atoms in total. The SMILES string of the molecule is Cc1c[nH]c(CN(C)C(C)Cc2cnccn2)c(C)c1=O. The van der Waals surface area contributed by atoms with Gasteiger partial charge in [0, 0.05) is 60.6 Å². The molecule has 21 heavy (non-hydrogen) atoms. The van der Waals surface area contributed by atoms with Gasteiger partial charge in [-0.05, 0) is 27.8 Å². The Balaban J connectivity index is 2.06. The van der Waals surface area contributed by atoms with E-state index in [-0.39, 0.29) is 5.43 Å². The topological polar surface area (TPSA) is 61.9 Å². The molecule has 0 saturated carbocycles. The number of aromatic amines is 1. The van der Waals surface area contributed by atoms with Crippen molar-refractivity contribution in [2.45, 2.75) is 39.8 Å².